The second kappa shape index (κ2) is 6.23. The van der Waals surface area contributed by atoms with Gasteiger partial charge in [0.15, 0.2) is 0 Å². The molecule has 19 heavy (non-hydrogen) atoms. The van der Waals surface area contributed by atoms with Crippen molar-refractivity contribution in [2.45, 2.75) is 9.79 Å². The van der Waals surface area contributed by atoms with E-state index < -0.39 is 20.0 Å². The molecule has 1 rings (SSSR count). The summed E-state index contributed by atoms with van der Waals surface area (Å²) in [5, 5.41) is 4.89. The zero-order valence-electron chi connectivity index (χ0n) is 10.6. The highest BCUT2D eigenvalue weighted by molar-refractivity contribution is 8.00. The molecule has 0 aliphatic rings. The maximum absolute atomic E-state index is 11.8. The van der Waals surface area contributed by atoms with Crippen molar-refractivity contribution in [2.24, 2.45) is 5.14 Å². The summed E-state index contributed by atoms with van der Waals surface area (Å²) in [6, 6.07) is 6.28. The van der Waals surface area contributed by atoms with Crippen LogP contribution in [-0.2, 0) is 20.0 Å². The lowest BCUT2D eigenvalue weighted by Crippen LogP contribution is -2.22. The Morgan fingerprint density at radius 1 is 1.11 bits per heavy atom. The molecule has 0 aliphatic heterocycles. The molecule has 0 atom stereocenters. The fourth-order valence-corrected chi connectivity index (χ4v) is 3.92. The van der Waals surface area contributed by atoms with Crippen LogP contribution in [0, 0.1) is 0 Å². The van der Waals surface area contributed by atoms with Crippen molar-refractivity contribution >= 4 is 31.8 Å². The van der Waals surface area contributed by atoms with Crippen LogP contribution in [0.5, 0.6) is 0 Å². The third kappa shape index (κ3) is 5.11. The van der Waals surface area contributed by atoms with Crippen molar-refractivity contribution in [1.82, 2.24) is 4.31 Å². The maximum atomic E-state index is 11.8. The number of sulfonamides is 2. The standard InChI is InChI=1S/C10H16N2O4S3/c1-12(2)19(15,16)10-5-3-9(4-6-10)17-7-8-18(11,13)14/h3-6H,7-8H2,1-2H3,(H2,11,13,14). The lowest BCUT2D eigenvalue weighted by Gasteiger charge is -2.11. The number of hydrogen-bond acceptors (Lipinski definition) is 5. The minimum Gasteiger partial charge on any atom is -0.229 e. The molecule has 108 valence electrons. The van der Waals surface area contributed by atoms with E-state index >= 15 is 0 Å². The molecule has 1 aromatic rings. The van der Waals surface area contributed by atoms with Crippen molar-refractivity contribution in [3.8, 4) is 0 Å². The SMILES string of the molecule is CN(C)S(=O)(=O)c1ccc(SCCS(N)(=O)=O)cc1. The third-order valence-corrected chi connectivity index (χ3v) is 6.11. The van der Waals surface area contributed by atoms with Crippen molar-refractivity contribution in [2.75, 3.05) is 25.6 Å². The number of rotatable bonds is 6. The first kappa shape index (κ1) is 16.4. The van der Waals surface area contributed by atoms with Crippen LogP contribution in [0.1, 0.15) is 0 Å². The van der Waals surface area contributed by atoms with Gasteiger partial charge < -0.3 is 0 Å². The minimum absolute atomic E-state index is 0.116. The minimum atomic E-state index is -3.46. The van der Waals surface area contributed by atoms with Crippen molar-refractivity contribution in [3.05, 3.63) is 24.3 Å². The Kier molecular flexibility index (Phi) is 5.39. The third-order valence-electron chi connectivity index (χ3n) is 2.24. The first-order chi connectivity index (χ1) is 8.63. The monoisotopic (exact) mass is 324 g/mol. The van der Waals surface area contributed by atoms with Gasteiger partial charge in [-0.25, -0.2) is 26.3 Å². The number of nitrogens with two attached hydrogens (primary N) is 1. The van der Waals surface area contributed by atoms with E-state index in [4.69, 9.17) is 5.14 Å². The molecule has 0 bridgehead atoms. The number of primary sulfonamides is 1. The Hall–Kier alpha value is -0.610. The van der Waals surface area contributed by atoms with Crippen molar-refractivity contribution in [3.63, 3.8) is 0 Å². The summed E-state index contributed by atoms with van der Waals surface area (Å²) in [5.74, 6) is 0.216. The molecule has 0 heterocycles. The van der Waals surface area contributed by atoms with Crippen LogP contribution in [0.2, 0.25) is 0 Å². The molecule has 0 aliphatic carbocycles. The van der Waals surface area contributed by atoms with Crippen LogP contribution in [0.4, 0.5) is 0 Å². The van der Waals surface area contributed by atoms with Gasteiger partial charge >= 0.3 is 0 Å². The average molecular weight is 324 g/mol. The van der Waals surface area contributed by atoms with Gasteiger partial charge in [0, 0.05) is 24.7 Å². The van der Waals surface area contributed by atoms with Gasteiger partial charge in [-0.3, -0.25) is 0 Å². The Morgan fingerprint density at radius 3 is 2.05 bits per heavy atom. The molecule has 2 N–H and O–H groups in total. The molecular formula is C10H16N2O4S3. The van der Waals surface area contributed by atoms with E-state index in [0.29, 0.717) is 5.75 Å². The zero-order valence-corrected chi connectivity index (χ0v) is 13.1. The predicted molar refractivity (Wildman–Crippen MR) is 76.0 cm³/mol. The van der Waals surface area contributed by atoms with E-state index in [1.807, 2.05) is 0 Å². The number of thioether (sulfide) groups is 1. The van der Waals surface area contributed by atoms with Gasteiger partial charge in [-0.1, -0.05) is 0 Å². The van der Waals surface area contributed by atoms with E-state index in [2.05, 4.69) is 0 Å². The molecule has 0 saturated heterocycles. The van der Waals surface area contributed by atoms with Gasteiger partial charge in [-0.15, -0.1) is 11.8 Å². The highest BCUT2D eigenvalue weighted by Gasteiger charge is 2.16. The summed E-state index contributed by atoms with van der Waals surface area (Å²) in [5.41, 5.74) is 0. The van der Waals surface area contributed by atoms with E-state index in [1.54, 1.807) is 12.1 Å². The Bertz CT molecular complexity index is 621. The molecule has 0 radical (unpaired) electrons. The van der Waals surface area contributed by atoms with E-state index in [1.165, 1.54) is 38.0 Å². The van der Waals surface area contributed by atoms with Crippen LogP contribution in [0.3, 0.4) is 0 Å². The molecule has 0 spiro atoms. The summed E-state index contributed by atoms with van der Waals surface area (Å²) >= 11 is 1.31. The van der Waals surface area contributed by atoms with Crippen LogP contribution in [0.25, 0.3) is 0 Å². The van der Waals surface area contributed by atoms with Gasteiger partial charge in [-0.05, 0) is 24.3 Å². The van der Waals surface area contributed by atoms with E-state index in [9.17, 15) is 16.8 Å². The van der Waals surface area contributed by atoms with Crippen molar-refractivity contribution < 1.29 is 16.8 Å². The number of hydrogen-bond donors (Lipinski definition) is 1. The second-order valence-electron chi connectivity index (χ2n) is 3.97. The molecule has 9 heteroatoms. The first-order valence-electron chi connectivity index (χ1n) is 5.29. The summed E-state index contributed by atoms with van der Waals surface area (Å²) in [7, 11) is -3.96. The van der Waals surface area contributed by atoms with E-state index in [0.717, 1.165) is 9.20 Å². The lowest BCUT2D eigenvalue weighted by atomic mass is 10.4. The first-order valence-corrected chi connectivity index (χ1v) is 9.43. The van der Waals surface area contributed by atoms with Crippen LogP contribution in [0.15, 0.2) is 34.1 Å². The molecule has 0 saturated carbocycles. The predicted octanol–water partition coefficient (Wildman–Crippen LogP) is 0.318. The topological polar surface area (TPSA) is 97.5 Å². The lowest BCUT2D eigenvalue weighted by molar-refractivity contribution is 0.520. The van der Waals surface area contributed by atoms with Crippen LogP contribution < -0.4 is 5.14 Å². The van der Waals surface area contributed by atoms with Gasteiger partial charge in [0.1, 0.15) is 0 Å². The molecule has 0 unspecified atom stereocenters. The molecule has 0 amide bonds. The van der Waals surface area contributed by atoms with Gasteiger partial charge in [0.25, 0.3) is 0 Å². The van der Waals surface area contributed by atoms with Gasteiger partial charge in [0.05, 0.1) is 10.6 Å². The maximum Gasteiger partial charge on any atom is 0.242 e. The fraction of sp³-hybridized carbons (Fsp3) is 0.400. The molecule has 6 nitrogen and oxygen atoms in total. The smallest absolute Gasteiger partial charge is 0.229 e. The summed E-state index contributed by atoms with van der Waals surface area (Å²) in [6.45, 7) is 0. The quantitative estimate of drug-likeness (QED) is 0.760. The van der Waals surface area contributed by atoms with Crippen molar-refractivity contribution in [1.29, 1.82) is 0 Å². The summed E-state index contributed by atoms with van der Waals surface area (Å²) < 4.78 is 46.3. The highest BCUT2D eigenvalue weighted by Crippen LogP contribution is 2.21. The second-order valence-corrected chi connectivity index (χ2v) is 9.03. The molecule has 1 aromatic carbocycles. The average Bonchev–Trinajstić information content (AvgIpc) is 2.27. The molecule has 0 aromatic heterocycles. The highest BCUT2D eigenvalue weighted by atomic mass is 32.2. The number of nitrogens with zero attached hydrogens (tertiary/aromatic N) is 1. The Balaban J connectivity index is 2.73. The zero-order chi connectivity index (χ0) is 14.7. The Labute approximate surface area is 118 Å². The van der Waals surface area contributed by atoms with E-state index in [-0.39, 0.29) is 10.6 Å². The summed E-state index contributed by atoms with van der Waals surface area (Å²) in [4.78, 5) is 0.995. The summed E-state index contributed by atoms with van der Waals surface area (Å²) in [6.07, 6.45) is 0. The van der Waals surface area contributed by atoms with Crippen LogP contribution in [-0.4, -0.2) is 46.7 Å². The van der Waals surface area contributed by atoms with Gasteiger partial charge in [-0.2, -0.15) is 0 Å². The van der Waals surface area contributed by atoms with Gasteiger partial charge in [0.2, 0.25) is 20.0 Å². The molecule has 0 fully saturated rings. The largest absolute Gasteiger partial charge is 0.242 e. The molecular weight excluding hydrogens is 308 g/mol. The normalized spacial score (nSPS) is 12.8. The Morgan fingerprint density at radius 2 is 1.63 bits per heavy atom. The number of benzene rings is 1. The fourth-order valence-electron chi connectivity index (χ4n) is 1.19. The van der Waals surface area contributed by atoms with Crippen LogP contribution >= 0.6 is 11.8 Å².